The van der Waals surface area contributed by atoms with Crippen LogP contribution in [-0.2, 0) is 0 Å². The van der Waals surface area contributed by atoms with E-state index in [9.17, 15) is 4.39 Å². The van der Waals surface area contributed by atoms with Gasteiger partial charge in [-0.3, -0.25) is 0 Å². The zero-order chi connectivity index (χ0) is 11.7. The summed E-state index contributed by atoms with van der Waals surface area (Å²) in [5, 5.41) is 8.74. The van der Waals surface area contributed by atoms with Gasteiger partial charge in [0.05, 0.1) is 6.07 Å². The second-order valence-electron chi connectivity index (χ2n) is 3.90. The molecule has 1 aliphatic rings. The van der Waals surface area contributed by atoms with Gasteiger partial charge in [-0.1, -0.05) is 0 Å². The third kappa shape index (κ3) is 1.72. The lowest BCUT2D eigenvalue weighted by atomic mass is 10.1. The molecular formula is C12H12FN3. The molecule has 0 atom stereocenters. The number of anilines is 1. The number of nitriles is 1. The zero-order valence-electron chi connectivity index (χ0n) is 8.97. The summed E-state index contributed by atoms with van der Waals surface area (Å²) < 4.78 is 12.4. The lowest BCUT2D eigenvalue weighted by Crippen LogP contribution is -1.89. The van der Waals surface area contributed by atoms with Crippen LogP contribution in [0.15, 0.2) is 17.3 Å². The molecule has 0 amide bonds. The Hall–Kier alpha value is -2.02. The Morgan fingerprint density at radius 3 is 3.06 bits per heavy atom. The number of halogens is 1. The summed E-state index contributed by atoms with van der Waals surface area (Å²) in [4.78, 5) is 2.90. The average molecular weight is 217 g/mol. The van der Waals surface area contributed by atoms with Crippen molar-refractivity contribution in [2.75, 3.05) is 12.4 Å². The van der Waals surface area contributed by atoms with E-state index in [-0.39, 0.29) is 0 Å². The minimum Gasteiger partial charge on any atom is -0.385 e. The van der Waals surface area contributed by atoms with Crippen LogP contribution in [0.3, 0.4) is 0 Å². The van der Waals surface area contributed by atoms with Crippen LogP contribution in [0.2, 0.25) is 0 Å². The maximum absolute atomic E-state index is 12.4. The van der Waals surface area contributed by atoms with Crippen LogP contribution in [0.25, 0.3) is 11.6 Å². The smallest absolute Gasteiger partial charge is 0.111 e. The van der Waals surface area contributed by atoms with E-state index in [2.05, 4.69) is 11.1 Å². The fraction of sp³-hybridized carbons (Fsp3) is 0.250. The van der Waals surface area contributed by atoms with Crippen molar-refractivity contribution >= 4 is 17.5 Å². The van der Waals surface area contributed by atoms with Crippen molar-refractivity contribution in [1.29, 1.82) is 5.26 Å². The third-order valence-electron chi connectivity index (χ3n) is 2.61. The van der Waals surface area contributed by atoms with Crippen LogP contribution >= 0.6 is 0 Å². The van der Waals surface area contributed by atoms with Crippen molar-refractivity contribution in [2.24, 2.45) is 0 Å². The van der Waals surface area contributed by atoms with Gasteiger partial charge in [-0.15, -0.1) is 0 Å². The first kappa shape index (κ1) is 10.5. The van der Waals surface area contributed by atoms with Crippen LogP contribution < -0.4 is 5.73 Å². The van der Waals surface area contributed by atoms with Crippen molar-refractivity contribution in [3.8, 4) is 6.07 Å². The van der Waals surface area contributed by atoms with Gasteiger partial charge < -0.3 is 10.7 Å². The average Bonchev–Trinajstić information content (AvgIpc) is 2.99. The molecule has 1 aromatic heterocycles. The largest absolute Gasteiger partial charge is 0.385 e. The van der Waals surface area contributed by atoms with Crippen LogP contribution in [0.4, 0.5) is 10.2 Å². The molecule has 1 aromatic rings. The molecular weight excluding hydrogens is 205 g/mol. The second kappa shape index (κ2) is 3.86. The van der Waals surface area contributed by atoms with E-state index >= 15 is 0 Å². The highest BCUT2D eigenvalue weighted by molar-refractivity contribution is 5.91. The van der Waals surface area contributed by atoms with E-state index in [4.69, 9.17) is 11.0 Å². The molecule has 0 spiro atoms. The Bertz CT molecular complexity index is 529. The van der Waals surface area contributed by atoms with Gasteiger partial charge in [-0.05, 0) is 24.1 Å². The van der Waals surface area contributed by atoms with Crippen LogP contribution in [0.1, 0.15) is 24.5 Å². The topological polar surface area (TPSA) is 65.6 Å². The molecule has 16 heavy (non-hydrogen) atoms. The van der Waals surface area contributed by atoms with Gasteiger partial charge in [0.1, 0.15) is 12.5 Å². The number of rotatable bonds is 3. The summed E-state index contributed by atoms with van der Waals surface area (Å²) >= 11 is 0. The predicted molar refractivity (Wildman–Crippen MR) is 62.0 cm³/mol. The van der Waals surface area contributed by atoms with Crippen molar-refractivity contribution < 1.29 is 4.39 Å². The number of alkyl halides is 1. The minimum absolute atomic E-state index is 0.492. The maximum Gasteiger partial charge on any atom is 0.111 e. The van der Waals surface area contributed by atoms with E-state index in [1.807, 2.05) is 0 Å². The summed E-state index contributed by atoms with van der Waals surface area (Å²) in [5.41, 5.74) is 9.88. The lowest BCUT2D eigenvalue weighted by molar-refractivity contribution is 0.545. The number of H-pyrrole nitrogens is 1. The number of aromatic nitrogens is 1. The van der Waals surface area contributed by atoms with Gasteiger partial charge in [0.2, 0.25) is 0 Å². The standard InChI is InChI=1S/C12H12FN3/c1-7(4-13)2-10-11(6-16-12(10)15)9-3-8(9)5-14/h2,6,16H,3-4,15H2,1H3/b7-2+. The number of nitrogens with one attached hydrogen (secondary N) is 1. The molecule has 1 heterocycles. The highest BCUT2D eigenvalue weighted by Crippen LogP contribution is 2.42. The van der Waals surface area contributed by atoms with Crippen molar-refractivity contribution in [3.05, 3.63) is 28.5 Å². The molecule has 0 saturated carbocycles. The number of aromatic amines is 1. The van der Waals surface area contributed by atoms with Gasteiger partial charge in [-0.2, -0.15) is 5.26 Å². The quantitative estimate of drug-likeness (QED) is 0.817. The van der Waals surface area contributed by atoms with E-state index in [0.29, 0.717) is 17.8 Å². The highest BCUT2D eigenvalue weighted by atomic mass is 19.1. The molecule has 2 rings (SSSR count). The lowest BCUT2D eigenvalue weighted by Gasteiger charge is -1.97. The third-order valence-corrected chi connectivity index (χ3v) is 2.61. The Labute approximate surface area is 93.1 Å². The Balaban J connectivity index is 2.43. The Morgan fingerprint density at radius 2 is 2.50 bits per heavy atom. The molecule has 4 heteroatoms. The van der Waals surface area contributed by atoms with E-state index < -0.39 is 6.67 Å². The van der Waals surface area contributed by atoms with Gasteiger partial charge >= 0.3 is 0 Å². The minimum atomic E-state index is -0.492. The Morgan fingerprint density at radius 1 is 1.75 bits per heavy atom. The van der Waals surface area contributed by atoms with Crippen molar-refractivity contribution in [3.63, 3.8) is 0 Å². The van der Waals surface area contributed by atoms with E-state index in [0.717, 1.165) is 22.3 Å². The first-order chi connectivity index (χ1) is 7.67. The first-order valence-electron chi connectivity index (χ1n) is 4.99. The predicted octanol–water partition coefficient (Wildman–Crippen LogP) is 2.65. The zero-order valence-corrected chi connectivity index (χ0v) is 8.97. The van der Waals surface area contributed by atoms with Gasteiger partial charge in [-0.25, -0.2) is 4.39 Å². The van der Waals surface area contributed by atoms with E-state index in [1.165, 1.54) is 0 Å². The molecule has 0 bridgehead atoms. The molecule has 1 aliphatic carbocycles. The molecule has 0 aliphatic heterocycles. The van der Waals surface area contributed by atoms with E-state index in [1.54, 1.807) is 19.2 Å². The summed E-state index contributed by atoms with van der Waals surface area (Å²) in [5.74, 6) is 0.513. The molecule has 0 fully saturated rings. The van der Waals surface area contributed by atoms with Crippen LogP contribution in [-0.4, -0.2) is 11.7 Å². The van der Waals surface area contributed by atoms with Crippen molar-refractivity contribution in [2.45, 2.75) is 13.3 Å². The fourth-order valence-corrected chi connectivity index (χ4v) is 1.64. The van der Waals surface area contributed by atoms with Crippen molar-refractivity contribution in [1.82, 2.24) is 4.98 Å². The number of nitrogen functional groups attached to an aromatic ring is 1. The Kier molecular flexibility index (Phi) is 2.53. The molecule has 82 valence electrons. The molecule has 0 saturated heterocycles. The van der Waals surface area contributed by atoms with Crippen LogP contribution in [0.5, 0.6) is 0 Å². The number of hydrogen-bond acceptors (Lipinski definition) is 2. The first-order valence-corrected chi connectivity index (χ1v) is 4.99. The summed E-state index contributed by atoms with van der Waals surface area (Å²) in [6, 6.07) is 2.12. The SMILES string of the molecule is C/C(=C\c1c(C2=C(C#N)C2)c[nH]c1N)CF. The summed E-state index contributed by atoms with van der Waals surface area (Å²) in [6.45, 7) is 1.22. The number of hydrogen-bond donors (Lipinski definition) is 2. The molecule has 0 unspecified atom stereocenters. The monoisotopic (exact) mass is 217 g/mol. The second-order valence-corrected chi connectivity index (χ2v) is 3.90. The summed E-state index contributed by atoms with van der Waals surface area (Å²) in [6.07, 6.45) is 4.21. The van der Waals surface area contributed by atoms with Gasteiger partial charge in [0.25, 0.3) is 0 Å². The molecule has 3 nitrogen and oxygen atoms in total. The number of allylic oxidation sites excluding steroid dienone is 3. The van der Waals surface area contributed by atoms with Crippen LogP contribution in [0, 0.1) is 11.3 Å². The van der Waals surface area contributed by atoms with Gasteiger partial charge in [0.15, 0.2) is 0 Å². The fourth-order valence-electron chi connectivity index (χ4n) is 1.64. The van der Waals surface area contributed by atoms with Gasteiger partial charge in [0, 0.05) is 29.3 Å². The normalized spacial score (nSPS) is 15.2. The summed E-state index contributed by atoms with van der Waals surface area (Å²) in [7, 11) is 0. The molecule has 0 aromatic carbocycles. The highest BCUT2D eigenvalue weighted by Gasteiger charge is 2.26. The molecule has 0 radical (unpaired) electrons. The molecule has 3 N–H and O–H groups in total. The maximum atomic E-state index is 12.4. The number of nitrogens with two attached hydrogens (primary N) is 1. The number of nitrogens with zero attached hydrogens (tertiary/aromatic N) is 1.